The zero-order chi connectivity index (χ0) is 12.3. The molecule has 0 radical (unpaired) electrons. The maximum absolute atomic E-state index is 12.9. The smallest absolute Gasteiger partial charge is 0.264 e. The largest absolute Gasteiger partial charge is 0.316 e. The number of rotatable bonds is 3. The molecule has 1 heterocycles. The van der Waals surface area contributed by atoms with Gasteiger partial charge in [-0.2, -0.15) is 0 Å². The fraction of sp³-hybridized carbons (Fsp3) is 0.571. The third kappa shape index (κ3) is 3.25. The second-order valence-electron chi connectivity index (χ2n) is 4.92. The minimum atomic E-state index is -2.36. The minimum absolute atomic E-state index is 0.209. The Balaban J connectivity index is 2.14. The highest BCUT2D eigenvalue weighted by Gasteiger charge is 2.18. The van der Waals surface area contributed by atoms with Crippen LogP contribution < -0.4 is 5.32 Å². The van der Waals surface area contributed by atoms with Gasteiger partial charge in [-0.3, -0.25) is 0 Å². The molecule has 1 atom stereocenters. The van der Waals surface area contributed by atoms with Crippen LogP contribution in [0.3, 0.4) is 0 Å². The minimum Gasteiger partial charge on any atom is -0.316 e. The van der Waals surface area contributed by atoms with Gasteiger partial charge < -0.3 is 5.32 Å². The Hall–Kier alpha value is -0.960. The van der Waals surface area contributed by atoms with E-state index in [1.54, 1.807) is 12.1 Å². The van der Waals surface area contributed by atoms with E-state index in [2.05, 4.69) is 5.32 Å². The number of aryl methyl sites for hydroxylation is 1. The molecule has 1 N–H and O–H groups in total. The van der Waals surface area contributed by atoms with Crippen LogP contribution in [0.15, 0.2) is 18.2 Å². The lowest BCUT2D eigenvalue weighted by atomic mass is 9.89. The van der Waals surface area contributed by atoms with Gasteiger partial charge in [0.25, 0.3) is 6.43 Å². The van der Waals surface area contributed by atoms with E-state index in [9.17, 15) is 8.78 Å². The first-order valence-corrected chi connectivity index (χ1v) is 6.25. The average Bonchev–Trinajstić information content (AvgIpc) is 2.30. The SMILES string of the molecule is Cc1ccc(C(F)F)c(CC2CCCNC2)c1. The molecule has 2 rings (SSSR count). The summed E-state index contributed by atoms with van der Waals surface area (Å²) in [4.78, 5) is 0. The van der Waals surface area contributed by atoms with Crippen LogP contribution >= 0.6 is 0 Å². The van der Waals surface area contributed by atoms with Gasteiger partial charge in [-0.1, -0.05) is 23.8 Å². The van der Waals surface area contributed by atoms with Crippen molar-refractivity contribution in [3.05, 3.63) is 34.9 Å². The average molecular weight is 239 g/mol. The van der Waals surface area contributed by atoms with Crippen LogP contribution in [0.5, 0.6) is 0 Å². The highest BCUT2D eigenvalue weighted by molar-refractivity contribution is 5.32. The molecule has 94 valence electrons. The number of hydrogen-bond donors (Lipinski definition) is 1. The molecule has 1 fully saturated rings. The lowest BCUT2D eigenvalue weighted by Gasteiger charge is -2.23. The van der Waals surface area contributed by atoms with Crippen LogP contribution in [0.4, 0.5) is 8.78 Å². The number of piperidine rings is 1. The summed E-state index contributed by atoms with van der Waals surface area (Å²) in [6, 6.07) is 5.26. The Labute approximate surface area is 101 Å². The van der Waals surface area contributed by atoms with E-state index in [4.69, 9.17) is 0 Å². The molecule has 0 bridgehead atoms. The maximum atomic E-state index is 12.9. The van der Waals surface area contributed by atoms with E-state index >= 15 is 0 Å². The lowest BCUT2D eigenvalue weighted by molar-refractivity contribution is 0.149. The van der Waals surface area contributed by atoms with Gasteiger partial charge >= 0.3 is 0 Å². The summed E-state index contributed by atoms with van der Waals surface area (Å²) in [5.74, 6) is 0.503. The molecule has 3 heteroatoms. The standard InChI is InChI=1S/C14H19F2N/c1-10-4-5-13(14(15)16)12(7-10)8-11-3-2-6-17-9-11/h4-5,7,11,14,17H,2-3,6,8-9H2,1H3. The van der Waals surface area contributed by atoms with Gasteiger partial charge in [0.15, 0.2) is 0 Å². The van der Waals surface area contributed by atoms with E-state index < -0.39 is 6.43 Å². The molecule has 1 aromatic carbocycles. The quantitative estimate of drug-likeness (QED) is 0.851. The van der Waals surface area contributed by atoms with Crippen LogP contribution in [0, 0.1) is 12.8 Å². The first kappa shape index (κ1) is 12.5. The van der Waals surface area contributed by atoms with Crippen LogP contribution in [-0.2, 0) is 6.42 Å². The van der Waals surface area contributed by atoms with E-state index in [0.717, 1.165) is 43.5 Å². The summed E-state index contributed by atoms with van der Waals surface area (Å²) >= 11 is 0. The van der Waals surface area contributed by atoms with Gasteiger partial charge in [-0.05, 0) is 50.8 Å². The molecule has 0 spiro atoms. The molecule has 0 saturated carbocycles. The number of nitrogens with one attached hydrogen (secondary N) is 1. The second kappa shape index (κ2) is 5.58. The maximum Gasteiger partial charge on any atom is 0.264 e. The Bertz CT molecular complexity index is 370. The van der Waals surface area contributed by atoms with Gasteiger partial charge in [0.05, 0.1) is 0 Å². The van der Waals surface area contributed by atoms with Crippen LogP contribution in [0.1, 0.15) is 36.0 Å². The van der Waals surface area contributed by atoms with Crippen LogP contribution in [-0.4, -0.2) is 13.1 Å². The number of alkyl halides is 2. The molecular weight excluding hydrogens is 220 g/mol. The van der Waals surface area contributed by atoms with Gasteiger partial charge in [-0.25, -0.2) is 8.78 Å². The molecule has 17 heavy (non-hydrogen) atoms. The zero-order valence-electron chi connectivity index (χ0n) is 10.2. The number of hydrogen-bond acceptors (Lipinski definition) is 1. The van der Waals surface area contributed by atoms with Crippen molar-refractivity contribution in [1.29, 1.82) is 0 Å². The summed E-state index contributed by atoms with van der Waals surface area (Å²) in [7, 11) is 0. The predicted octanol–water partition coefficient (Wildman–Crippen LogP) is 3.47. The van der Waals surface area contributed by atoms with Crippen molar-refractivity contribution in [3.8, 4) is 0 Å². The highest BCUT2D eigenvalue weighted by Crippen LogP contribution is 2.27. The second-order valence-corrected chi connectivity index (χ2v) is 4.92. The predicted molar refractivity (Wildman–Crippen MR) is 65.4 cm³/mol. The van der Waals surface area contributed by atoms with Crippen molar-refractivity contribution in [1.82, 2.24) is 5.32 Å². The number of halogens is 2. The Morgan fingerprint density at radius 1 is 1.41 bits per heavy atom. The monoisotopic (exact) mass is 239 g/mol. The fourth-order valence-corrected chi connectivity index (χ4v) is 2.53. The van der Waals surface area contributed by atoms with Crippen molar-refractivity contribution in [3.63, 3.8) is 0 Å². The van der Waals surface area contributed by atoms with Crippen molar-refractivity contribution in [2.24, 2.45) is 5.92 Å². The first-order chi connectivity index (χ1) is 8.16. The fourth-order valence-electron chi connectivity index (χ4n) is 2.53. The third-order valence-electron chi connectivity index (χ3n) is 3.44. The summed E-state index contributed by atoms with van der Waals surface area (Å²) in [6.07, 6.45) is 0.709. The van der Waals surface area contributed by atoms with Crippen molar-refractivity contribution >= 4 is 0 Å². The van der Waals surface area contributed by atoms with E-state index in [0.29, 0.717) is 5.92 Å². The molecule has 1 unspecified atom stereocenters. The summed E-state index contributed by atoms with van der Waals surface area (Å²) in [6.45, 7) is 3.97. The van der Waals surface area contributed by atoms with E-state index in [-0.39, 0.29) is 5.56 Å². The molecular formula is C14H19F2N. The molecule has 1 aromatic rings. The van der Waals surface area contributed by atoms with Gasteiger partial charge in [0, 0.05) is 5.56 Å². The third-order valence-corrected chi connectivity index (χ3v) is 3.44. The van der Waals surface area contributed by atoms with E-state index in [1.807, 2.05) is 13.0 Å². The zero-order valence-corrected chi connectivity index (χ0v) is 10.2. The van der Waals surface area contributed by atoms with Gasteiger partial charge in [0.2, 0.25) is 0 Å². The summed E-state index contributed by atoms with van der Waals surface area (Å²) in [5.41, 5.74) is 2.10. The van der Waals surface area contributed by atoms with Crippen molar-refractivity contribution in [2.75, 3.05) is 13.1 Å². The summed E-state index contributed by atoms with van der Waals surface area (Å²) in [5, 5.41) is 3.33. The topological polar surface area (TPSA) is 12.0 Å². The lowest BCUT2D eigenvalue weighted by Crippen LogP contribution is -2.31. The molecule has 1 aliphatic rings. The van der Waals surface area contributed by atoms with Crippen molar-refractivity contribution < 1.29 is 8.78 Å². The molecule has 0 aliphatic carbocycles. The summed E-state index contributed by atoms with van der Waals surface area (Å²) < 4.78 is 25.8. The van der Waals surface area contributed by atoms with Crippen LogP contribution in [0.25, 0.3) is 0 Å². The first-order valence-electron chi connectivity index (χ1n) is 6.25. The Morgan fingerprint density at radius 2 is 2.24 bits per heavy atom. The highest BCUT2D eigenvalue weighted by atomic mass is 19.3. The number of benzene rings is 1. The Kier molecular flexibility index (Phi) is 4.11. The van der Waals surface area contributed by atoms with E-state index in [1.165, 1.54) is 0 Å². The van der Waals surface area contributed by atoms with Gasteiger partial charge in [0.1, 0.15) is 0 Å². The van der Waals surface area contributed by atoms with Crippen molar-refractivity contribution in [2.45, 2.75) is 32.6 Å². The Morgan fingerprint density at radius 3 is 2.88 bits per heavy atom. The molecule has 1 aliphatic heterocycles. The normalized spacial score (nSPS) is 20.8. The van der Waals surface area contributed by atoms with Gasteiger partial charge in [-0.15, -0.1) is 0 Å². The molecule has 1 nitrogen and oxygen atoms in total. The molecule has 0 amide bonds. The molecule has 1 saturated heterocycles. The molecule has 0 aromatic heterocycles. The van der Waals surface area contributed by atoms with Crippen LogP contribution in [0.2, 0.25) is 0 Å².